The van der Waals surface area contributed by atoms with Crippen LogP contribution in [0.25, 0.3) is 0 Å². The van der Waals surface area contributed by atoms with Crippen molar-refractivity contribution in [1.82, 2.24) is 0 Å². The molecule has 0 spiro atoms. The molecule has 0 unspecified atom stereocenters. The number of aliphatic carboxylic acids is 1. The molecule has 0 aromatic rings. The zero-order chi connectivity index (χ0) is 8.85. The maximum Gasteiger partial charge on any atom is 0.321 e. The predicted octanol–water partition coefficient (Wildman–Crippen LogP) is 0.0135. The van der Waals surface area contributed by atoms with Gasteiger partial charge in [-0.05, 0) is 6.42 Å². The minimum absolute atomic E-state index is 0.539. The summed E-state index contributed by atoms with van der Waals surface area (Å²) < 4.78 is 0. The highest BCUT2D eigenvalue weighted by Gasteiger charge is 2.22. The molecule has 0 saturated heterocycles. The minimum Gasteiger partial charge on any atom is -0.480 e. The number of rotatable bonds is 5. The van der Waals surface area contributed by atoms with Crippen molar-refractivity contribution in [2.24, 2.45) is 11.7 Å². The van der Waals surface area contributed by atoms with E-state index in [1.54, 1.807) is 0 Å². The zero-order valence-electron chi connectivity index (χ0n) is 6.49. The fourth-order valence-corrected chi connectivity index (χ4v) is 0.849. The quantitative estimate of drug-likeness (QED) is 0.554. The second-order valence-corrected chi connectivity index (χ2v) is 2.45. The third-order valence-corrected chi connectivity index (χ3v) is 1.54. The average molecular weight is 159 g/mol. The van der Waals surface area contributed by atoms with E-state index in [-0.39, 0.29) is 0 Å². The maximum absolute atomic E-state index is 10.3. The molecule has 4 heteroatoms. The van der Waals surface area contributed by atoms with Crippen LogP contribution in [0.5, 0.6) is 0 Å². The van der Waals surface area contributed by atoms with E-state index >= 15 is 0 Å². The minimum atomic E-state index is -1.12. The van der Waals surface area contributed by atoms with Crippen LogP contribution in [-0.2, 0) is 9.59 Å². The first kappa shape index (κ1) is 10.1. The van der Waals surface area contributed by atoms with Gasteiger partial charge in [-0.3, -0.25) is 4.79 Å². The molecule has 0 fully saturated rings. The number of nitrogens with two attached hydrogens (primary N) is 1. The van der Waals surface area contributed by atoms with E-state index in [1.807, 2.05) is 6.92 Å². The lowest BCUT2D eigenvalue weighted by molar-refractivity contribution is -0.141. The molecule has 3 N–H and O–H groups in total. The van der Waals surface area contributed by atoms with Gasteiger partial charge in [0.15, 0.2) is 0 Å². The van der Waals surface area contributed by atoms with Crippen molar-refractivity contribution in [1.29, 1.82) is 0 Å². The first-order valence-electron chi connectivity index (χ1n) is 3.57. The maximum atomic E-state index is 10.3. The number of carboxylic acids is 1. The summed E-state index contributed by atoms with van der Waals surface area (Å²) in [5.74, 6) is -1.66. The topological polar surface area (TPSA) is 80.4 Å². The van der Waals surface area contributed by atoms with Gasteiger partial charge in [0.25, 0.3) is 0 Å². The Hall–Kier alpha value is -0.900. The fraction of sp³-hybridized carbons (Fsp3) is 0.714. The molecule has 0 aromatic heterocycles. The van der Waals surface area contributed by atoms with Gasteiger partial charge in [0.05, 0.1) is 0 Å². The lowest BCUT2D eigenvalue weighted by Gasteiger charge is -2.12. The number of carbonyl (C=O) groups excluding carboxylic acids is 1. The Morgan fingerprint density at radius 2 is 2.27 bits per heavy atom. The smallest absolute Gasteiger partial charge is 0.321 e. The van der Waals surface area contributed by atoms with Gasteiger partial charge in [-0.25, -0.2) is 0 Å². The Kier molecular flexibility index (Phi) is 4.45. The van der Waals surface area contributed by atoms with Crippen LogP contribution >= 0.6 is 0 Å². The van der Waals surface area contributed by atoms with Crippen LogP contribution in [0.3, 0.4) is 0 Å². The molecule has 64 valence electrons. The highest BCUT2D eigenvalue weighted by molar-refractivity contribution is 5.77. The first-order valence-corrected chi connectivity index (χ1v) is 3.57. The van der Waals surface area contributed by atoms with E-state index in [1.165, 1.54) is 0 Å². The van der Waals surface area contributed by atoms with Crippen molar-refractivity contribution >= 4 is 12.3 Å². The van der Waals surface area contributed by atoms with Gasteiger partial charge in [-0.15, -0.1) is 0 Å². The third-order valence-electron chi connectivity index (χ3n) is 1.54. The van der Waals surface area contributed by atoms with Gasteiger partial charge >= 0.3 is 5.97 Å². The van der Waals surface area contributed by atoms with E-state index in [4.69, 9.17) is 10.8 Å². The van der Waals surface area contributed by atoms with E-state index in [2.05, 4.69) is 0 Å². The summed E-state index contributed by atoms with van der Waals surface area (Å²) in [6.07, 6.45) is 1.92. The molecule has 0 saturated carbocycles. The standard InChI is InChI=1S/C7H13NO3/c1-2-3-5(4-9)6(8)7(10)11/h4-6H,2-3,8H2,1H3,(H,10,11)/t5-,6-/m1/s1. The summed E-state index contributed by atoms with van der Waals surface area (Å²) in [4.78, 5) is 20.6. The summed E-state index contributed by atoms with van der Waals surface area (Å²) in [6.45, 7) is 1.88. The highest BCUT2D eigenvalue weighted by Crippen LogP contribution is 2.06. The second-order valence-electron chi connectivity index (χ2n) is 2.45. The fourth-order valence-electron chi connectivity index (χ4n) is 0.849. The molecular formula is C7H13NO3. The first-order chi connectivity index (χ1) is 5.13. The molecule has 11 heavy (non-hydrogen) atoms. The molecular weight excluding hydrogens is 146 g/mol. The largest absolute Gasteiger partial charge is 0.480 e. The lowest BCUT2D eigenvalue weighted by Crippen LogP contribution is -2.38. The predicted molar refractivity (Wildman–Crippen MR) is 40.1 cm³/mol. The Morgan fingerprint density at radius 1 is 1.73 bits per heavy atom. The zero-order valence-corrected chi connectivity index (χ0v) is 6.49. The van der Waals surface area contributed by atoms with Crippen LogP contribution in [0.4, 0.5) is 0 Å². The van der Waals surface area contributed by atoms with E-state index in [0.717, 1.165) is 6.42 Å². The van der Waals surface area contributed by atoms with Crippen molar-refractivity contribution in [3.05, 3.63) is 0 Å². The Labute approximate surface area is 65.4 Å². The summed E-state index contributed by atoms with van der Waals surface area (Å²) in [6, 6.07) is -1.05. The van der Waals surface area contributed by atoms with E-state index < -0.39 is 17.9 Å². The van der Waals surface area contributed by atoms with Gasteiger partial charge in [-0.2, -0.15) is 0 Å². The average Bonchev–Trinajstić information content (AvgIpc) is 1.98. The Morgan fingerprint density at radius 3 is 2.55 bits per heavy atom. The van der Waals surface area contributed by atoms with Crippen LogP contribution in [0, 0.1) is 5.92 Å². The normalized spacial score (nSPS) is 15.5. The number of carbonyl (C=O) groups is 2. The van der Waals surface area contributed by atoms with Crippen LogP contribution in [-0.4, -0.2) is 23.4 Å². The van der Waals surface area contributed by atoms with Gasteiger partial charge < -0.3 is 15.6 Å². The molecule has 0 heterocycles. The van der Waals surface area contributed by atoms with E-state index in [0.29, 0.717) is 12.7 Å². The Balaban J connectivity index is 4.01. The molecule has 4 nitrogen and oxygen atoms in total. The van der Waals surface area contributed by atoms with Crippen LogP contribution in [0.1, 0.15) is 19.8 Å². The summed E-state index contributed by atoms with van der Waals surface area (Å²) in [5, 5.41) is 8.43. The molecule has 0 aliphatic heterocycles. The SMILES string of the molecule is CCC[C@H](C=O)[C@@H](N)C(=O)O. The molecule has 2 atom stereocenters. The monoisotopic (exact) mass is 159 g/mol. The van der Waals surface area contributed by atoms with Crippen molar-refractivity contribution in [3.63, 3.8) is 0 Å². The van der Waals surface area contributed by atoms with Crippen LogP contribution in [0.15, 0.2) is 0 Å². The summed E-state index contributed by atoms with van der Waals surface area (Å²) in [5.41, 5.74) is 5.23. The highest BCUT2D eigenvalue weighted by atomic mass is 16.4. The number of aldehydes is 1. The third kappa shape index (κ3) is 3.13. The Bertz CT molecular complexity index is 147. The lowest BCUT2D eigenvalue weighted by atomic mass is 9.97. The molecule has 0 amide bonds. The van der Waals surface area contributed by atoms with Crippen LogP contribution < -0.4 is 5.73 Å². The molecule has 0 aliphatic carbocycles. The number of hydrogen-bond acceptors (Lipinski definition) is 3. The van der Waals surface area contributed by atoms with Gasteiger partial charge in [0.2, 0.25) is 0 Å². The van der Waals surface area contributed by atoms with Gasteiger partial charge in [0.1, 0.15) is 12.3 Å². The van der Waals surface area contributed by atoms with E-state index in [9.17, 15) is 9.59 Å². The number of carboxylic acid groups (broad SMARTS) is 1. The molecule has 0 radical (unpaired) electrons. The summed E-state index contributed by atoms with van der Waals surface area (Å²) >= 11 is 0. The molecule has 0 bridgehead atoms. The van der Waals surface area contributed by atoms with Crippen molar-refractivity contribution in [3.8, 4) is 0 Å². The molecule has 0 rings (SSSR count). The van der Waals surface area contributed by atoms with Crippen molar-refractivity contribution in [2.75, 3.05) is 0 Å². The van der Waals surface area contributed by atoms with Gasteiger partial charge in [-0.1, -0.05) is 13.3 Å². The van der Waals surface area contributed by atoms with Crippen molar-refractivity contribution in [2.45, 2.75) is 25.8 Å². The van der Waals surface area contributed by atoms with Gasteiger partial charge in [0, 0.05) is 5.92 Å². The van der Waals surface area contributed by atoms with Crippen LogP contribution in [0.2, 0.25) is 0 Å². The summed E-state index contributed by atoms with van der Waals surface area (Å²) in [7, 11) is 0. The second kappa shape index (κ2) is 4.85. The number of hydrogen-bond donors (Lipinski definition) is 2. The molecule has 0 aromatic carbocycles. The molecule has 0 aliphatic rings. The van der Waals surface area contributed by atoms with Crippen molar-refractivity contribution < 1.29 is 14.7 Å².